The summed E-state index contributed by atoms with van der Waals surface area (Å²) >= 11 is 1.86. The molecule has 0 aliphatic rings. The number of benzene rings is 1. The summed E-state index contributed by atoms with van der Waals surface area (Å²) in [5, 5.41) is 3.07. The molecule has 2 nitrogen and oxygen atoms in total. The van der Waals surface area contributed by atoms with Crippen molar-refractivity contribution >= 4 is 17.6 Å². The van der Waals surface area contributed by atoms with E-state index in [1.165, 1.54) is 16.0 Å². The predicted octanol–water partition coefficient (Wildman–Crippen LogP) is 4.54. The van der Waals surface area contributed by atoms with Crippen LogP contribution in [-0.4, -0.2) is 12.0 Å². The van der Waals surface area contributed by atoms with E-state index in [4.69, 9.17) is 0 Å². The molecule has 1 N–H and O–H groups in total. The molecule has 0 bridgehead atoms. The zero-order chi connectivity index (χ0) is 13.7. The smallest absolute Gasteiger partial charge is 0.125 e. The molecular formula is C16H20N2S. The van der Waals surface area contributed by atoms with Crippen molar-refractivity contribution in [2.75, 3.05) is 12.4 Å². The molecule has 0 saturated heterocycles. The van der Waals surface area contributed by atoms with Crippen LogP contribution < -0.4 is 5.32 Å². The van der Waals surface area contributed by atoms with E-state index in [2.05, 4.69) is 60.5 Å². The van der Waals surface area contributed by atoms with Gasteiger partial charge in [0.25, 0.3) is 0 Å². The number of pyridine rings is 1. The average molecular weight is 272 g/mol. The van der Waals surface area contributed by atoms with Gasteiger partial charge in [0.05, 0.1) is 0 Å². The summed E-state index contributed by atoms with van der Waals surface area (Å²) in [6.07, 6.45) is 1.85. The Labute approximate surface area is 119 Å². The predicted molar refractivity (Wildman–Crippen MR) is 83.9 cm³/mol. The standard InChI is InChI=1S/C16H20N2S/c1-12(2)14-4-6-15(7-5-14)19-11-13-8-9-18-16(10-13)17-3/h4-10,12H,11H2,1-3H3,(H,17,18). The van der Waals surface area contributed by atoms with Crippen molar-refractivity contribution in [1.82, 2.24) is 4.98 Å². The van der Waals surface area contributed by atoms with Crippen LogP contribution in [0.25, 0.3) is 0 Å². The van der Waals surface area contributed by atoms with Crippen LogP contribution in [0.5, 0.6) is 0 Å². The maximum absolute atomic E-state index is 4.22. The first-order valence-electron chi connectivity index (χ1n) is 6.54. The van der Waals surface area contributed by atoms with Crippen LogP contribution in [0.15, 0.2) is 47.5 Å². The number of nitrogens with one attached hydrogen (secondary N) is 1. The minimum Gasteiger partial charge on any atom is -0.373 e. The van der Waals surface area contributed by atoms with E-state index >= 15 is 0 Å². The zero-order valence-electron chi connectivity index (χ0n) is 11.7. The normalized spacial score (nSPS) is 10.7. The Balaban J connectivity index is 1.98. The molecule has 3 heteroatoms. The Kier molecular flexibility index (Phi) is 4.86. The molecule has 0 radical (unpaired) electrons. The molecule has 1 heterocycles. The fourth-order valence-corrected chi connectivity index (χ4v) is 2.66. The number of anilines is 1. The monoisotopic (exact) mass is 272 g/mol. The fraction of sp³-hybridized carbons (Fsp3) is 0.312. The van der Waals surface area contributed by atoms with Gasteiger partial charge in [-0.3, -0.25) is 0 Å². The van der Waals surface area contributed by atoms with Gasteiger partial charge in [0.1, 0.15) is 5.82 Å². The molecule has 1 aromatic heterocycles. The van der Waals surface area contributed by atoms with E-state index in [0.717, 1.165) is 11.6 Å². The second-order valence-corrected chi connectivity index (χ2v) is 5.86. The highest BCUT2D eigenvalue weighted by molar-refractivity contribution is 7.98. The van der Waals surface area contributed by atoms with Gasteiger partial charge in [0.15, 0.2) is 0 Å². The number of rotatable bonds is 5. The van der Waals surface area contributed by atoms with Crippen LogP contribution in [-0.2, 0) is 5.75 Å². The summed E-state index contributed by atoms with van der Waals surface area (Å²) in [6, 6.07) is 13.0. The molecule has 0 unspecified atom stereocenters. The van der Waals surface area contributed by atoms with Crippen LogP contribution >= 0.6 is 11.8 Å². The minimum absolute atomic E-state index is 0.595. The third-order valence-electron chi connectivity index (χ3n) is 3.03. The van der Waals surface area contributed by atoms with Crippen molar-refractivity contribution < 1.29 is 0 Å². The summed E-state index contributed by atoms with van der Waals surface area (Å²) in [7, 11) is 1.89. The second-order valence-electron chi connectivity index (χ2n) is 4.81. The van der Waals surface area contributed by atoms with Gasteiger partial charge in [-0.15, -0.1) is 11.8 Å². The van der Waals surface area contributed by atoms with Gasteiger partial charge in [-0.2, -0.15) is 0 Å². The van der Waals surface area contributed by atoms with Gasteiger partial charge in [0.2, 0.25) is 0 Å². The third kappa shape index (κ3) is 4.00. The van der Waals surface area contributed by atoms with Crippen molar-refractivity contribution in [2.45, 2.75) is 30.4 Å². The van der Waals surface area contributed by atoms with E-state index in [1.54, 1.807) is 0 Å². The van der Waals surface area contributed by atoms with Gasteiger partial charge in [-0.05, 0) is 41.3 Å². The van der Waals surface area contributed by atoms with E-state index in [0.29, 0.717) is 5.92 Å². The summed E-state index contributed by atoms with van der Waals surface area (Å²) in [6.45, 7) is 4.44. The molecular weight excluding hydrogens is 252 g/mol. The molecule has 0 spiro atoms. The summed E-state index contributed by atoms with van der Waals surface area (Å²) < 4.78 is 0. The summed E-state index contributed by atoms with van der Waals surface area (Å²) in [4.78, 5) is 5.54. The molecule has 2 aromatic rings. The van der Waals surface area contributed by atoms with E-state index in [-0.39, 0.29) is 0 Å². The molecule has 100 valence electrons. The topological polar surface area (TPSA) is 24.9 Å². The number of hydrogen-bond donors (Lipinski definition) is 1. The van der Waals surface area contributed by atoms with Gasteiger partial charge >= 0.3 is 0 Å². The number of aromatic nitrogens is 1. The molecule has 0 saturated carbocycles. The fourth-order valence-electron chi connectivity index (χ4n) is 1.82. The van der Waals surface area contributed by atoms with E-state index in [1.807, 2.05) is 25.0 Å². The van der Waals surface area contributed by atoms with Gasteiger partial charge in [-0.25, -0.2) is 4.98 Å². The Bertz CT molecular complexity index is 521. The lowest BCUT2D eigenvalue weighted by Gasteiger charge is -2.07. The molecule has 19 heavy (non-hydrogen) atoms. The third-order valence-corrected chi connectivity index (χ3v) is 4.12. The summed E-state index contributed by atoms with van der Waals surface area (Å²) in [5.74, 6) is 2.49. The van der Waals surface area contributed by atoms with E-state index in [9.17, 15) is 0 Å². The second kappa shape index (κ2) is 6.62. The molecule has 2 rings (SSSR count). The van der Waals surface area contributed by atoms with Crippen LogP contribution in [0.3, 0.4) is 0 Å². The maximum Gasteiger partial charge on any atom is 0.125 e. The van der Waals surface area contributed by atoms with Crippen molar-refractivity contribution in [2.24, 2.45) is 0 Å². The highest BCUT2D eigenvalue weighted by Crippen LogP contribution is 2.25. The minimum atomic E-state index is 0.595. The van der Waals surface area contributed by atoms with E-state index < -0.39 is 0 Å². The quantitative estimate of drug-likeness (QED) is 0.809. The van der Waals surface area contributed by atoms with Crippen LogP contribution in [0.4, 0.5) is 5.82 Å². The lowest BCUT2D eigenvalue weighted by Crippen LogP contribution is -1.92. The number of hydrogen-bond acceptors (Lipinski definition) is 3. The van der Waals surface area contributed by atoms with Crippen molar-refractivity contribution in [1.29, 1.82) is 0 Å². The largest absolute Gasteiger partial charge is 0.373 e. The Morgan fingerprint density at radius 1 is 1.16 bits per heavy atom. The van der Waals surface area contributed by atoms with Gasteiger partial charge in [-0.1, -0.05) is 26.0 Å². The number of nitrogens with zero attached hydrogens (tertiary/aromatic N) is 1. The van der Waals surface area contributed by atoms with Crippen LogP contribution in [0.2, 0.25) is 0 Å². The molecule has 1 aromatic carbocycles. The van der Waals surface area contributed by atoms with Crippen molar-refractivity contribution in [3.63, 3.8) is 0 Å². The molecule has 0 atom stereocenters. The lowest BCUT2D eigenvalue weighted by atomic mass is 10.0. The SMILES string of the molecule is CNc1cc(CSc2ccc(C(C)C)cc2)ccn1. The van der Waals surface area contributed by atoms with Crippen LogP contribution in [0, 0.1) is 0 Å². The molecule has 0 aliphatic carbocycles. The Morgan fingerprint density at radius 2 is 1.89 bits per heavy atom. The highest BCUT2D eigenvalue weighted by Gasteiger charge is 2.01. The average Bonchev–Trinajstić information content (AvgIpc) is 2.46. The Morgan fingerprint density at radius 3 is 2.53 bits per heavy atom. The lowest BCUT2D eigenvalue weighted by molar-refractivity contribution is 0.865. The molecule has 0 amide bonds. The first-order chi connectivity index (χ1) is 9.19. The maximum atomic E-state index is 4.22. The number of thioether (sulfide) groups is 1. The van der Waals surface area contributed by atoms with Crippen molar-refractivity contribution in [3.8, 4) is 0 Å². The highest BCUT2D eigenvalue weighted by atomic mass is 32.2. The summed E-state index contributed by atoms with van der Waals surface area (Å²) in [5.41, 5.74) is 2.68. The van der Waals surface area contributed by atoms with Gasteiger partial charge < -0.3 is 5.32 Å². The zero-order valence-corrected chi connectivity index (χ0v) is 12.5. The first-order valence-corrected chi connectivity index (χ1v) is 7.53. The Hall–Kier alpha value is -1.48. The van der Waals surface area contributed by atoms with Gasteiger partial charge in [0, 0.05) is 23.9 Å². The van der Waals surface area contributed by atoms with Crippen LogP contribution in [0.1, 0.15) is 30.9 Å². The first kappa shape index (κ1) is 13.9. The molecule has 0 fully saturated rings. The molecule has 0 aliphatic heterocycles. The van der Waals surface area contributed by atoms with Crippen molar-refractivity contribution in [3.05, 3.63) is 53.7 Å².